The third kappa shape index (κ3) is 4.63. The highest BCUT2D eigenvalue weighted by molar-refractivity contribution is 7.93. The van der Waals surface area contributed by atoms with E-state index in [1.165, 1.54) is 12.1 Å². The molecule has 1 atom stereocenters. The van der Waals surface area contributed by atoms with Gasteiger partial charge in [0.2, 0.25) is 0 Å². The number of aromatic nitrogens is 1. The van der Waals surface area contributed by atoms with Gasteiger partial charge in [-0.05, 0) is 31.5 Å². The molecule has 1 N–H and O–H groups in total. The number of rotatable bonds is 5. The Labute approximate surface area is 185 Å². The van der Waals surface area contributed by atoms with Crippen molar-refractivity contribution in [2.75, 3.05) is 24.4 Å². The van der Waals surface area contributed by atoms with Crippen molar-refractivity contribution in [3.05, 3.63) is 76.8 Å². The van der Waals surface area contributed by atoms with E-state index in [0.717, 1.165) is 22.5 Å². The maximum absolute atomic E-state index is 13.1. The van der Waals surface area contributed by atoms with Crippen LogP contribution in [0.25, 0.3) is 0 Å². The molecule has 1 saturated heterocycles. The zero-order valence-electron chi connectivity index (χ0n) is 17.2. The molecule has 1 aliphatic heterocycles. The topological polar surface area (TPSA) is 88.6 Å². The minimum Gasteiger partial charge on any atom is -0.367 e. The van der Waals surface area contributed by atoms with Gasteiger partial charge in [-0.2, -0.15) is 0 Å². The second kappa shape index (κ2) is 8.41. The second-order valence-corrected chi connectivity index (χ2v) is 10.2. The number of hydrogen-bond acceptors (Lipinski definition) is 6. The summed E-state index contributed by atoms with van der Waals surface area (Å²) in [6.07, 6.45) is 0. The molecule has 31 heavy (non-hydrogen) atoms. The van der Waals surface area contributed by atoms with Gasteiger partial charge in [0.25, 0.3) is 15.9 Å². The van der Waals surface area contributed by atoms with Crippen LogP contribution in [0.15, 0.2) is 64.9 Å². The van der Waals surface area contributed by atoms with Crippen LogP contribution < -0.4 is 4.72 Å². The average molecular weight is 458 g/mol. The molecule has 7 nitrogen and oxygen atoms in total. The first-order valence-corrected chi connectivity index (χ1v) is 12.2. The summed E-state index contributed by atoms with van der Waals surface area (Å²) in [6.45, 7) is 5.24. The van der Waals surface area contributed by atoms with Crippen LogP contribution >= 0.6 is 11.3 Å². The van der Waals surface area contributed by atoms with Crippen molar-refractivity contribution in [2.45, 2.75) is 24.3 Å². The van der Waals surface area contributed by atoms with Gasteiger partial charge in [-0.25, -0.2) is 13.4 Å². The van der Waals surface area contributed by atoms with E-state index in [-0.39, 0.29) is 21.6 Å². The van der Waals surface area contributed by atoms with Gasteiger partial charge in [-0.3, -0.25) is 9.52 Å². The Morgan fingerprint density at radius 1 is 1.19 bits per heavy atom. The Morgan fingerprint density at radius 3 is 2.71 bits per heavy atom. The SMILES string of the molecule is Cc1cccc(C2(C)CN(C(=O)c3csc(NS(=O)(=O)c4ccccc4)n3)CCO2)c1. The van der Waals surface area contributed by atoms with Crippen molar-refractivity contribution >= 4 is 32.4 Å². The van der Waals surface area contributed by atoms with Crippen molar-refractivity contribution in [1.82, 2.24) is 9.88 Å². The molecular formula is C22H23N3O4S2. The number of aryl methyl sites for hydroxylation is 1. The largest absolute Gasteiger partial charge is 0.367 e. The number of sulfonamides is 1. The molecule has 1 fully saturated rings. The summed E-state index contributed by atoms with van der Waals surface area (Å²) in [7, 11) is -3.76. The molecular weight excluding hydrogens is 434 g/mol. The molecule has 2 aromatic carbocycles. The van der Waals surface area contributed by atoms with Gasteiger partial charge in [0.1, 0.15) is 11.3 Å². The van der Waals surface area contributed by atoms with E-state index in [4.69, 9.17) is 4.74 Å². The third-order valence-corrected chi connectivity index (χ3v) is 7.43. The molecule has 1 amide bonds. The van der Waals surface area contributed by atoms with Gasteiger partial charge >= 0.3 is 0 Å². The first-order valence-electron chi connectivity index (χ1n) is 9.81. The van der Waals surface area contributed by atoms with Gasteiger partial charge in [0.15, 0.2) is 5.13 Å². The predicted molar refractivity (Wildman–Crippen MR) is 120 cm³/mol. The first-order chi connectivity index (χ1) is 14.8. The number of morpholine rings is 1. The van der Waals surface area contributed by atoms with Crippen LogP contribution in [-0.4, -0.2) is 43.9 Å². The molecule has 3 aromatic rings. The number of benzene rings is 2. The van der Waals surface area contributed by atoms with Gasteiger partial charge in [-0.1, -0.05) is 48.0 Å². The molecule has 1 unspecified atom stereocenters. The van der Waals surface area contributed by atoms with E-state index in [9.17, 15) is 13.2 Å². The zero-order chi connectivity index (χ0) is 22.1. The van der Waals surface area contributed by atoms with Gasteiger partial charge in [0, 0.05) is 11.9 Å². The lowest BCUT2D eigenvalue weighted by atomic mass is 9.92. The molecule has 4 rings (SSSR count). The minimum absolute atomic E-state index is 0.139. The van der Waals surface area contributed by atoms with Crippen LogP contribution in [0.5, 0.6) is 0 Å². The van der Waals surface area contributed by atoms with E-state index >= 15 is 0 Å². The number of amides is 1. The fourth-order valence-corrected chi connectivity index (χ4v) is 5.50. The number of ether oxygens (including phenoxy) is 1. The maximum atomic E-state index is 13.1. The number of carbonyl (C=O) groups excluding carboxylic acids is 1. The van der Waals surface area contributed by atoms with Gasteiger partial charge < -0.3 is 9.64 Å². The molecule has 0 bridgehead atoms. The number of carbonyl (C=O) groups is 1. The van der Waals surface area contributed by atoms with Crippen LogP contribution in [0.1, 0.15) is 28.5 Å². The number of nitrogens with one attached hydrogen (secondary N) is 1. The third-order valence-electron chi connectivity index (χ3n) is 5.19. The molecule has 1 aromatic heterocycles. The highest BCUT2D eigenvalue weighted by Gasteiger charge is 2.36. The van der Waals surface area contributed by atoms with Crippen molar-refractivity contribution in [3.63, 3.8) is 0 Å². The molecule has 162 valence electrons. The monoisotopic (exact) mass is 457 g/mol. The average Bonchev–Trinajstić information content (AvgIpc) is 3.21. The van der Waals surface area contributed by atoms with Crippen molar-refractivity contribution in [3.8, 4) is 0 Å². The lowest BCUT2D eigenvalue weighted by Crippen LogP contribution is -2.50. The normalized spacial score (nSPS) is 19.2. The van der Waals surface area contributed by atoms with Crippen LogP contribution in [0, 0.1) is 6.92 Å². The lowest BCUT2D eigenvalue weighted by molar-refractivity contribution is -0.0931. The quantitative estimate of drug-likeness (QED) is 0.632. The summed E-state index contributed by atoms with van der Waals surface area (Å²) in [5, 5.41) is 1.73. The Morgan fingerprint density at radius 2 is 1.97 bits per heavy atom. The predicted octanol–water partition coefficient (Wildman–Crippen LogP) is 3.64. The first kappa shape index (κ1) is 21.5. The maximum Gasteiger partial charge on any atom is 0.273 e. The highest BCUT2D eigenvalue weighted by Crippen LogP contribution is 2.31. The van der Waals surface area contributed by atoms with Crippen LogP contribution in [0.3, 0.4) is 0 Å². The Hall–Kier alpha value is -2.75. The zero-order valence-corrected chi connectivity index (χ0v) is 18.9. The summed E-state index contributed by atoms with van der Waals surface area (Å²) in [5.74, 6) is -0.247. The number of thiazole rings is 1. The van der Waals surface area contributed by atoms with E-state index in [1.807, 2.05) is 32.0 Å². The summed E-state index contributed by atoms with van der Waals surface area (Å²) in [6, 6.07) is 16.1. The molecule has 0 saturated carbocycles. The second-order valence-electron chi connectivity index (χ2n) is 7.63. The van der Waals surface area contributed by atoms with E-state index in [2.05, 4.69) is 15.8 Å². The Balaban J connectivity index is 1.50. The van der Waals surface area contributed by atoms with Gasteiger partial charge in [-0.15, -0.1) is 11.3 Å². The summed E-state index contributed by atoms with van der Waals surface area (Å²) >= 11 is 1.08. The van der Waals surface area contributed by atoms with Crippen LogP contribution in [0.2, 0.25) is 0 Å². The molecule has 0 aliphatic carbocycles. The molecule has 1 aliphatic rings. The number of nitrogens with zero attached hydrogens (tertiary/aromatic N) is 2. The van der Waals surface area contributed by atoms with E-state index < -0.39 is 15.6 Å². The van der Waals surface area contributed by atoms with Crippen molar-refractivity contribution in [2.24, 2.45) is 0 Å². The van der Waals surface area contributed by atoms with Crippen molar-refractivity contribution < 1.29 is 17.9 Å². The number of anilines is 1. The van der Waals surface area contributed by atoms with E-state index in [0.29, 0.717) is 19.7 Å². The lowest BCUT2D eigenvalue weighted by Gasteiger charge is -2.40. The summed E-state index contributed by atoms with van der Waals surface area (Å²) < 4.78 is 33.5. The minimum atomic E-state index is -3.76. The van der Waals surface area contributed by atoms with Gasteiger partial charge in [0.05, 0.1) is 18.0 Å². The van der Waals surface area contributed by atoms with Crippen LogP contribution in [-0.2, 0) is 20.4 Å². The summed E-state index contributed by atoms with van der Waals surface area (Å²) in [4.78, 5) is 19.1. The molecule has 9 heteroatoms. The van der Waals surface area contributed by atoms with E-state index in [1.54, 1.807) is 28.5 Å². The van der Waals surface area contributed by atoms with Crippen LogP contribution in [0.4, 0.5) is 5.13 Å². The van der Waals surface area contributed by atoms with Crippen molar-refractivity contribution in [1.29, 1.82) is 0 Å². The Bertz CT molecular complexity index is 1190. The molecule has 0 radical (unpaired) electrons. The summed E-state index contributed by atoms with van der Waals surface area (Å²) in [5.41, 5.74) is 1.73. The smallest absolute Gasteiger partial charge is 0.273 e. The number of hydrogen-bond donors (Lipinski definition) is 1. The fraction of sp³-hybridized carbons (Fsp3) is 0.273. The Kier molecular flexibility index (Phi) is 5.83. The molecule has 2 heterocycles. The molecule has 0 spiro atoms. The fourth-order valence-electron chi connectivity index (χ4n) is 3.55. The standard InChI is InChI=1S/C22H23N3O4S2/c1-16-7-6-8-17(13-16)22(2)15-25(11-12-29-22)20(26)19-14-30-21(23-19)24-31(27,28)18-9-4-3-5-10-18/h3-10,13-14H,11-12,15H2,1-2H3,(H,23,24). The highest BCUT2D eigenvalue weighted by atomic mass is 32.2.